The Morgan fingerprint density at radius 1 is 1.29 bits per heavy atom. The molecule has 0 bridgehead atoms. The van der Waals surface area contributed by atoms with Gasteiger partial charge in [0, 0.05) is 36.3 Å². The molecule has 0 aliphatic carbocycles. The van der Waals surface area contributed by atoms with Gasteiger partial charge in [-0.3, -0.25) is 14.5 Å². The van der Waals surface area contributed by atoms with Crippen molar-refractivity contribution in [3.05, 3.63) is 58.6 Å². The number of benzene rings is 1. The number of amides is 1. The van der Waals surface area contributed by atoms with E-state index in [2.05, 4.69) is 28.3 Å². The van der Waals surface area contributed by atoms with Crippen molar-refractivity contribution in [1.29, 1.82) is 0 Å². The largest absolute Gasteiger partial charge is 0.342 e. The predicted molar refractivity (Wildman–Crippen MR) is 112 cm³/mol. The Labute approximate surface area is 170 Å². The molecule has 1 aromatic carbocycles. The summed E-state index contributed by atoms with van der Waals surface area (Å²) in [6.45, 7) is 7.85. The van der Waals surface area contributed by atoms with Crippen LogP contribution in [0.4, 0.5) is 0 Å². The number of halogens is 1. The predicted octanol–water partition coefficient (Wildman–Crippen LogP) is 4.35. The Bertz CT molecular complexity index is 1030. The Kier molecular flexibility index (Phi) is 5.11. The summed E-state index contributed by atoms with van der Waals surface area (Å²) in [4.78, 5) is 19.6. The van der Waals surface area contributed by atoms with Gasteiger partial charge in [-0.15, -0.1) is 0 Å². The third-order valence-corrected chi connectivity index (χ3v) is 6.28. The number of fused-ring (bicyclic) bond motifs is 1. The molecule has 1 fully saturated rings. The number of hydrogen-bond acceptors (Lipinski definition) is 3. The second-order valence-electron chi connectivity index (χ2n) is 7.79. The molecule has 146 valence electrons. The fourth-order valence-electron chi connectivity index (χ4n) is 4.03. The Morgan fingerprint density at radius 2 is 2.04 bits per heavy atom. The summed E-state index contributed by atoms with van der Waals surface area (Å²) in [6.07, 6.45) is 2.89. The van der Waals surface area contributed by atoms with E-state index in [1.165, 1.54) is 5.39 Å². The smallest absolute Gasteiger partial charge is 0.227 e. The molecule has 1 saturated heterocycles. The van der Waals surface area contributed by atoms with Crippen LogP contribution in [0.1, 0.15) is 36.3 Å². The molecule has 0 spiro atoms. The van der Waals surface area contributed by atoms with E-state index in [1.807, 2.05) is 48.7 Å². The Hall–Kier alpha value is -2.40. The molecule has 0 N–H and O–H groups in total. The molecule has 4 rings (SSSR count). The van der Waals surface area contributed by atoms with Crippen molar-refractivity contribution in [3.63, 3.8) is 0 Å². The SMILES string of the molecule is Cc1nn(CC(C)C(=O)N2CCC(c3cc4ccccc4cn3)C2)c(C)c1Cl. The highest BCUT2D eigenvalue weighted by Gasteiger charge is 2.31. The van der Waals surface area contributed by atoms with Crippen LogP contribution < -0.4 is 0 Å². The normalized spacial score (nSPS) is 18.0. The number of rotatable bonds is 4. The molecule has 1 aliphatic rings. The molecule has 1 aliphatic heterocycles. The summed E-state index contributed by atoms with van der Waals surface area (Å²) < 4.78 is 1.85. The van der Waals surface area contributed by atoms with E-state index in [-0.39, 0.29) is 11.8 Å². The molecule has 2 aromatic heterocycles. The minimum Gasteiger partial charge on any atom is -0.342 e. The molecule has 28 heavy (non-hydrogen) atoms. The molecule has 2 atom stereocenters. The van der Waals surface area contributed by atoms with Gasteiger partial charge >= 0.3 is 0 Å². The maximum absolute atomic E-state index is 13.0. The van der Waals surface area contributed by atoms with E-state index in [4.69, 9.17) is 11.6 Å². The lowest BCUT2D eigenvalue weighted by atomic mass is 10.0. The molecule has 0 radical (unpaired) electrons. The van der Waals surface area contributed by atoms with E-state index in [0.29, 0.717) is 17.5 Å². The molecule has 5 nitrogen and oxygen atoms in total. The van der Waals surface area contributed by atoms with Gasteiger partial charge in [-0.2, -0.15) is 5.10 Å². The van der Waals surface area contributed by atoms with Crippen molar-refractivity contribution < 1.29 is 4.79 Å². The summed E-state index contributed by atoms with van der Waals surface area (Å²) in [5.41, 5.74) is 2.80. The van der Waals surface area contributed by atoms with Gasteiger partial charge in [-0.25, -0.2) is 0 Å². The standard InChI is InChI=1S/C22H25ClN4O/c1-14(12-27-16(3)21(23)15(2)25-27)22(28)26-9-8-19(13-26)20-10-17-6-4-5-7-18(17)11-24-20/h4-7,10-11,14,19H,8-9,12-13H2,1-3H3. The van der Waals surface area contributed by atoms with Crippen LogP contribution in [0.3, 0.4) is 0 Å². The van der Waals surface area contributed by atoms with E-state index < -0.39 is 0 Å². The second kappa shape index (κ2) is 7.55. The molecular formula is C22H25ClN4O. The van der Waals surface area contributed by atoms with Gasteiger partial charge in [-0.1, -0.05) is 42.8 Å². The van der Waals surface area contributed by atoms with Crippen molar-refractivity contribution in [1.82, 2.24) is 19.7 Å². The van der Waals surface area contributed by atoms with Gasteiger partial charge in [0.1, 0.15) is 0 Å². The van der Waals surface area contributed by atoms with E-state index in [1.54, 1.807) is 0 Å². The number of likely N-dealkylation sites (tertiary alicyclic amines) is 1. The van der Waals surface area contributed by atoms with Crippen LogP contribution in [0.5, 0.6) is 0 Å². The number of hydrogen-bond donors (Lipinski definition) is 0. The summed E-state index contributed by atoms with van der Waals surface area (Å²) in [5.74, 6) is 0.327. The van der Waals surface area contributed by atoms with Gasteiger partial charge in [-0.05, 0) is 31.7 Å². The Balaban J connectivity index is 1.43. The first-order valence-electron chi connectivity index (χ1n) is 9.77. The topological polar surface area (TPSA) is 51.0 Å². The van der Waals surface area contributed by atoms with E-state index >= 15 is 0 Å². The lowest BCUT2D eigenvalue weighted by molar-refractivity contribution is -0.134. The number of pyridine rings is 1. The van der Waals surface area contributed by atoms with Crippen LogP contribution >= 0.6 is 11.6 Å². The summed E-state index contributed by atoms with van der Waals surface area (Å²) in [5, 5.41) is 7.49. The fraction of sp³-hybridized carbons (Fsp3) is 0.409. The zero-order valence-corrected chi connectivity index (χ0v) is 17.3. The maximum atomic E-state index is 13.0. The van der Waals surface area contributed by atoms with Crippen LogP contribution in [0, 0.1) is 19.8 Å². The first kappa shape index (κ1) is 18.9. The van der Waals surface area contributed by atoms with Crippen molar-refractivity contribution in [2.24, 2.45) is 5.92 Å². The summed E-state index contributed by atoms with van der Waals surface area (Å²) >= 11 is 6.23. The van der Waals surface area contributed by atoms with Gasteiger partial charge in [0.2, 0.25) is 5.91 Å². The van der Waals surface area contributed by atoms with E-state index in [0.717, 1.165) is 42.0 Å². The zero-order chi connectivity index (χ0) is 19.8. The molecule has 3 heterocycles. The summed E-state index contributed by atoms with van der Waals surface area (Å²) in [6, 6.07) is 10.4. The van der Waals surface area contributed by atoms with Crippen molar-refractivity contribution >= 4 is 28.3 Å². The first-order valence-corrected chi connectivity index (χ1v) is 10.1. The molecule has 6 heteroatoms. The monoisotopic (exact) mass is 396 g/mol. The molecule has 1 amide bonds. The molecule has 0 saturated carbocycles. The van der Waals surface area contributed by atoms with Crippen LogP contribution in [-0.2, 0) is 11.3 Å². The van der Waals surface area contributed by atoms with Crippen LogP contribution in [0.2, 0.25) is 5.02 Å². The number of aryl methyl sites for hydroxylation is 1. The van der Waals surface area contributed by atoms with Crippen LogP contribution in [-0.4, -0.2) is 38.7 Å². The van der Waals surface area contributed by atoms with Gasteiger partial charge in [0.15, 0.2) is 0 Å². The first-order chi connectivity index (χ1) is 13.4. The van der Waals surface area contributed by atoms with Crippen molar-refractivity contribution in [3.8, 4) is 0 Å². The van der Waals surface area contributed by atoms with Gasteiger partial charge in [0.25, 0.3) is 0 Å². The Morgan fingerprint density at radius 3 is 2.75 bits per heavy atom. The molecular weight excluding hydrogens is 372 g/mol. The highest BCUT2D eigenvalue weighted by molar-refractivity contribution is 6.31. The van der Waals surface area contributed by atoms with Crippen molar-refractivity contribution in [2.45, 2.75) is 39.7 Å². The number of nitrogens with zero attached hydrogens (tertiary/aromatic N) is 4. The maximum Gasteiger partial charge on any atom is 0.227 e. The average Bonchev–Trinajstić information content (AvgIpc) is 3.29. The fourth-order valence-corrected chi connectivity index (χ4v) is 4.16. The zero-order valence-electron chi connectivity index (χ0n) is 16.5. The third-order valence-electron chi connectivity index (χ3n) is 5.73. The summed E-state index contributed by atoms with van der Waals surface area (Å²) in [7, 11) is 0. The number of aromatic nitrogens is 3. The minimum absolute atomic E-state index is 0.141. The van der Waals surface area contributed by atoms with Crippen LogP contribution in [0.25, 0.3) is 10.8 Å². The minimum atomic E-state index is -0.141. The van der Waals surface area contributed by atoms with Crippen molar-refractivity contribution in [2.75, 3.05) is 13.1 Å². The number of carbonyl (C=O) groups is 1. The van der Waals surface area contributed by atoms with Gasteiger partial charge in [0.05, 0.1) is 28.9 Å². The highest BCUT2D eigenvalue weighted by Crippen LogP contribution is 2.29. The quantitative estimate of drug-likeness (QED) is 0.658. The lowest BCUT2D eigenvalue weighted by Gasteiger charge is -2.21. The highest BCUT2D eigenvalue weighted by atomic mass is 35.5. The second-order valence-corrected chi connectivity index (χ2v) is 8.17. The number of carbonyl (C=O) groups excluding carboxylic acids is 1. The van der Waals surface area contributed by atoms with Crippen LogP contribution in [0.15, 0.2) is 36.5 Å². The molecule has 2 unspecified atom stereocenters. The lowest BCUT2D eigenvalue weighted by Crippen LogP contribution is -2.35. The van der Waals surface area contributed by atoms with E-state index in [9.17, 15) is 4.79 Å². The average molecular weight is 397 g/mol. The van der Waals surface area contributed by atoms with Gasteiger partial charge < -0.3 is 4.90 Å². The third kappa shape index (κ3) is 3.51. The molecule has 3 aromatic rings.